The smallest absolute Gasteiger partial charge is 0.286 e. The number of methoxy groups -OCH3 is 2. The number of nitrogens with zero attached hydrogens (tertiary/aromatic N) is 1. The van der Waals surface area contributed by atoms with Gasteiger partial charge in [0.05, 0.1) is 25.2 Å². The van der Waals surface area contributed by atoms with E-state index in [4.69, 9.17) is 9.47 Å². The number of aryl methyl sites for hydroxylation is 1. The van der Waals surface area contributed by atoms with Crippen molar-refractivity contribution in [2.24, 2.45) is 0 Å². The summed E-state index contributed by atoms with van der Waals surface area (Å²) >= 11 is 0. The maximum Gasteiger partial charge on any atom is 0.286 e. The number of nitrogens with one attached hydrogen (secondary N) is 1. The van der Waals surface area contributed by atoms with E-state index in [0.29, 0.717) is 5.69 Å². The van der Waals surface area contributed by atoms with E-state index in [9.17, 15) is 14.9 Å². The van der Waals surface area contributed by atoms with Crippen molar-refractivity contribution in [1.29, 1.82) is 0 Å². The number of carbonyl (C=O) groups is 1. The number of amides is 1. The molecule has 0 radical (unpaired) electrons. The van der Waals surface area contributed by atoms with Crippen LogP contribution in [-0.4, -0.2) is 25.1 Å². The van der Waals surface area contributed by atoms with Gasteiger partial charge in [0.1, 0.15) is 5.56 Å². The van der Waals surface area contributed by atoms with Crippen LogP contribution in [0.4, 0.5) is 11.4 Å². The number of hydrogen-bond donors (Lipinski definition) is 1. The zero-order valence-corrected chi connectivity index (χ0v) is 13.7. The summed E-state index contributed by atoms with van der Waals surface area (Å²) in [5.74, 6) is -0.153. The summed E-state index contributed by atoms with van der Waals surface area (Å²) < 4.78 is 10.2. The molecule has 2 aromatic rings. The van der Waals surface area contributed by atoms with Gasteiger partial charge in [0.2, 0.25) is 0 Å². The van der Waals surface area contributed by atoms with E-state index in [0.717, 1.165) is 12.0 Å². The molecule has 7 nitrogen and oxygen atoms in total. The molecule has 0 aromatic heterocycles. The van der Waals surface area contributed by atoms with E-state index in [1.807, 2.05) is 25.1 Å². The maximum absolute atomic E-state index is 12.5. The standard InChI is InChI=1S/C17H18N2O5/c1-4-11-6-5-7-12(8-11)18-17(20)13-9-15(23-2)16(24-3)10-14(13)19(21)22/h5-10H,4H2,1-3H3,(H,18,20). The highest BCUT2D eigenvalue weighted by molar-refractivity contribution is 6.07. The van der Waals surface area contributed by atoms with Crippen LogP contribution in [0.3, 0.4) is 0 Å². The first-order valence-corrected chi connectivity index (χ1v) is 7.30. The number of ether oxygens (including phenoxy) is 2. The minimum absolute atomic E-state index is 0.0976. The van der Waals surface area contributed by atoms with Gasteiger partial charge in [-0.1, -0.05) is 19.1 Å². The van der Waals surface area contributed by atoms with Crippen LogP contribution in [0.2, 0.25) is 0 Å². The lowest BCUT2D eigenvalue weighted by Crippen LogP contribution is -2.14. The monoisotopic (exact) mass is 330 g/mol. The van der Waals surface area contributed by atoms with Gasteiger partial charge in [0.25, 0.3) is 11.6 Å². The maximum atomic E-state index is 12.5. The average molecular weight is 330 g/mol. The Hall–Kier alpha value is -3.09. The molecule has 0 bridgehead atoms. The first kappa shape index (κ1) is 17.3. The zero-order valence-electron chi connectivity index (χ0n) is 13.7. The number of anilines is 1. The summed E-state index contributed by atoms with van der Waals surface area (Å²) in [6, 6.07) is 9.78. The molecule has 0 heterocycles. The summed E-state index contributed by atoms with van der Waals surface area (Å²) in [7, 11) is 2.77. The Labute approximate surface area is 139 Å². The van der Waals surface area contributed by atoms with E-state index in [1.165, 1.54) is 26.4 Å². The fourth-order valence-electron chi connectivity index (χ4n) is 2.27. The SMILES string of the molecule is CCc1cccc(NC(=O)c2cc(OC)c(OC)cc2[N+](=O)[O-])c1. The zero-order chi connectivity index (χ0) is 17.7. The van der Waals surface area contributed by atoms with Gasteiger partial charge in [-0.05, 0) is 24.1 Å². The number of hydrogen-bond acceptors (Lipinski definition) is 5. The summed E-state index contributed by atoms with van der Waals surface area (Å²) in [5.41, 5.74) is 1.18. The van der Waals surface area contributed by atoms with Crippen LogP contribution in [0.15, 0.2) is 36.4 Å². The molecule has 2 aromatic carbocycles. The van der Waals surface area contributed by atoms with Crippen molar-refractivity contribution in [3.63, 3.8) is 0 Å². The van der Waals surface area contributed by atoms with Crippen LogP contribution in [0.5, 0.6) is 11.5 Å². The first-order chi connectivity index (χ1) is 11.5. The van der Waals surface area contributed by atoms with Crippen molar-refractivity contribution in [2.45, 2.75) is 13.3 Å². The number of nitro benzene ring substituents is 1. The number of nitro groups is 1. The highest BCUT2D eigenvalue weighted by Gasteiger charge is 2.24. The molecule has 24 heavy (non-hydrogen) atoms. The normalized spacial score (nSPS) is 10.1. The van der Waals surface area contributed by atoms with E-state index in [2.05, 4.69) is 5.32 Å². The van der Waals surface area contributed by atoms with Crippen molar-refractivity contribution in [2.75, 3.05) is 19.5 Å². The van der Waals surface area contributed by atoms with Crippen LogP contribution in [0.25, 0.3) is 0 Å². The number of carbonyl (C=O) groups excluding carboxylic acids is 1. The summed E-state index contributed by atoms with van der Waals surface area (Å²) in [5, 5.41) is 14.0. The fraction of sp³-hybridized carbons (Fsp3) is 0.235. The summed E-state index contributed by atoms with van der Waals surface area (Å²) in [6.45, 7) is 2.00. The molecule has 0 spiro atoms. The Morgan fingerprint density at radius 2 is 1.83 bits per heavy atom. The van der Waals surface area contributed by atoms with Gasteiger partial charge >= 0.3 is 0 Å². The van der Waals surface area contributed by atoms with Gasteiger partial charge < -0.3 is 14.8 Å². The third-order valence-corrected chi connectivity index (χ3v) is 3.54. The molecule has 1 N–H and O–H groups in total. The van der Waals surface area contributed by atoms with E-state index in [1.54, 1.807) is 6.07 Å². The lowest BCUT2D eigenvalue weighted by molar-refractivity contribution is -0.385. The molecule has 7 heteroatoms. The molecule has 0 atom stereocenters. The van der Waals surface area contributed by atoms with Crippen LogP contribution >= 0.6 is 0 Å². The lowest BCUT2D eigenvalue weighted by atomic mass is 10.1. The minimum atomic E-state index is -0.626. The van der Waals surface area contributed by atoms with Gasteiger partial charge in [0, 0.05) is 11.8 Å². The molecular formula is C17H18N2O5. The lowest BCUT2D eigenvalue weighted by Gasteiger charge is -2.11. The Kier molecular flexibility index (Phi) is 5.36. The molecular weight excluding hydrogens is 312 g/mol. The van der Waals surface area contributed by atoms with Crippen molar-refractivity contribution in [3.05, 3.63) is 57.6 Å². The van der Waals surface area contributed by atoms with Crippen molar-refractivity contribution in [1.82, 2.24) is 0 Å². The van der Waals surface area contributed by atoms with Gasteiger partial charge in [0.15, 0.2) is 11.5 Å². The third-order valence-electron chi connectivity index (χ3n) is 3.54. The van der Waals surface area contributed by atoms with Gasteiger partial charge in [-0.3, -0.25) is 14.9 Å². The highest BCUT2D eigenvalue weighted by atomic mass is 16.6. The Morgan fingerprint density at radius 1 is 1.17 bits per heavy atom. The second kappa shape index (κ2) is 7.45. The fourth-order valence-corrected chi connectivity index (χ4v) is 2.27. The Bertz CT molecular complexity index is 774. The molecule has 0 saturated heterocycles. The summed E-state index contributed by atoms with van der Waals surface area (Å²) in [4.78, 5) is 23.1. The predicted molar refractivity (Wildman–Crippen MR) is 90.0 cm³/mol. The minimum Gasteiger partial charge on any atom is -0.493 e. The van der Waals surface area contributed by atoms with E-state index < -0.39 is 10.8 Å². The molecule has 0 aliphatic carbocycles. The van der Waals surface area contributed by atoms with Crippen LogP contribution < -0.4 is 14.8 Å². The van der Waals surface area contributed by atoms with Crippen LogP contribution in [0, 0.1) is 10.1 Å². The molecule has 0 aliphatic rings. The Balaban J connectivity index is 2.41. The average Bonchev–Trinajstić information content (AvgIpc) is 2.60. The van der Waals surface area contributed by atoms with Crippen molar-refractivity contribution in [3.8, 4) is 11.5 Å². The van der Waals surface area contributed by atoms with Gasteiger partial charge in [-0.2, -0.15) is 0 Å². The predicted octanol–water partition coefficient (Wildman–Crippen LogP) is 3.43. The van der Waals surface area contributed by atoms with Crippen molar-refractivity contribution >= 4 is 17.3 Å². The second-order valence-corrected chi connectivity index (χ2v) is 4.99. The van der Waals surface area contributed by atoms with Gasteiger partial charge in [-0.25, -0.2) is 0 Å². The molecule has 0 saturated carbocycles. The van der Waals surface area contributed by atoms with Crippen molar-refractivity contribution < 1.29 is 19.2 Å². The Morgan fingerprint density at radius 3 is 2.42 bits per heavy atom. The molecule has 0 aliphatic heterocycles. The quantitative estimate of drug-likeness (QED) is 0.647. The van der Waals surface area contributed by atoms with Crippen LogP contribution in [0.1, 0.15) is 22.8 Å². The molecule has 0 fully saturated rings. The third kappa shape index (κ3) is 3.62. The molecule has 126 valence electrons. The number of rotatable bonds is 6. The highest BCUT2D eigenvalue weighted by Crippen LogP contribution is 2.34. The largest absolute Gasteiger partial charge is 0.493 e. The van der Waals surface area contributed by atoms with E-state index >= 15 is 0 Å². The topological polar surface area (TPSA) is 90.7 Å². The van der Waals surface area contributed by atoms with E-state index in [-0.39, 0.29) is 22.7 Å². The second-order valence-electron chi connectivity index (χ2n) is 4.99. The molecule has 0 unspecified atom stereocenters. The first-order valence-electron chi connectivity index (χ1n) is 7.30. The summed E-state index contributed by atoms with van der Waals surface area (Å²) in [6.07, 6.45) is 0.820. The van der Waals surface area contributed by atoms with Crippen LogP contribution in [-0.2, 0) is 6.42 Å². The van der Waals surface area contributed by atoms with Gasteiger partial charge in [-0.15, -0.1) is 0 Å². The molecule has 2 rings (SSSR count). The number of benzene rings is 2. The molecule has 1 amide bonds.